The lowest BCUT2D eigenvalue weighted by Crippen LogP contribution is -3.16. The van der Waals surface area contributed by atoms with E-state index in [1.807, 2.05) is 4.90 Å². The van der Waals surface area contributed by atoms with Crippen LogP contribution in [-0.4, -0.2) is 108 Å². The molecule has 0 spiro atoms. The van der Waals surface area contributed by atoms with Crippen molar-refractivity contribution in [2.24, 2.45) is 14.1 Å². The summed E-state index contributed by atoms with van der Waals surface area (Å²) in [7, 11) is 7.57. The van der Waals surface area contributed by atoms with E-state index in [1.54, 1.807) is 11.6 Å². The maximum atomic E-state index is 13.4. The van der Waals surface area contributed by atoms with E-state index in [4.69, 9.17) is 24.1 Å². The van der Waals surface area contributed by atoms with Gasteiger partial charge in [0.2, 0.25) is 11.7 Å². The van der Waals surface area contributed by atoms with Gasteiger partial charge in [-0.2, -0.15) is 4.98 Å². The summed E-state index contributed by atoms with van der Waals surface area (Å²) in [5, 5.41) is 18.9. The Labute approximate surface area is 247 Å². The fourth-order valence-corrected chi connectivity index (χ4v) is 5.05. The highest BCUT2D eigenvalue weighted by Gasteiger charge is 2.27. The molecule has 0 aliphatic carbocycles. The van der Waals surface area contributed by atoms with Crippen molar-refractivity contribution >= 4 is 23.1 Å². The van der Waals surface area contributed by atoms with E-state index in [0.717, 1.165) is 22.6 Å². The molecule has 1 aliphatic rings. The number of anilines is 1. The zero-order valence-electron chi connectivity index (χ0n) is 24.3. The first-order valence-corrected chi connectivity index (χ1v) is 13.2. The second kappa shape index (κ2) is 13.9. The van der Waals surface area contributed by atoms with E-state index in [-0.39, 0.29) is 60.4 Å². The third kappa shape index (κ3) is 6.33. The standard InChI is InChI=1S/C26H36N6O9.ClH/c1-28-20-22(27-25(28)31-8-6-30(7-9-31)14-17(34)15-33)29(2)26(37)32(23(20)35)10-11-41-24(36)16-12-18(38-3)21(40-5)19(13-16)39-4;/h12-13,17,33-34H,6-11,14-15H2,1-5H3;1H. The molecular weight excluding hydrogens is 576 g/mol. The van der Waals surface area contributed by atoms with Crippen LogP contribution in [0.5, 0.6) is 17.2 Å². The minimum absolute atomic E-state index is 0. The molecule has 0 saturated carbocycles. The van der Waals surface area contributed by atoms with Gasteiger partial charge in [-0.25, -0.2) is 9.59 Å². The summed E-state index contributed by atoms with van der Waals surface area (Å²) in [5.74, 6) is 0.763. The SMILES string of the molecule is COc1cc(C(=O)OCCn2c(=O)c3c(nc(N4CC[NH+](CC(O)CO)CC4)n3C)n(C)c2=O)cc(OC)c1OC.[Cl-]. The zero-order valence-corrected chi connectivity index (χ0v) is 25.0. The van der Waals surface area contributed by atoms with E-state index >= 15 is 0 Å². The monoisotopic (exact) mass is 612 g/mol. The maximum Gasteiger partial charge on any atom is 0.338 e. The zero-order chi connectivity index (χ0) is 29.8. The van der Waals surface area contributed by atoms with Crippen LogP contribution in [0, 0.1) is 0 Å². The molecule has 15 nitrogen and oxygen atoms in total. The van der Waals surface area contributed by atoms with Gasteiger partial charge in [0.1, 0.15) is 19.3 Å². The number of halogens is 1. The minimum Gasteiger partial charge on any atom is -1.00 e. The van der Waals surface area contributed by atoms with Gasteiger partial charge in [0.15, 0.2) is 22.7 Å². The molecule has 1 aromatic carbocycles. The number of nitrogens with zero attached hydrogens (tertiary/aromatic N) is 5. The third-order valence-corrected chi connectivity index (χ3v) is 7.27. The lowest BCUT2D eigenvalue weighted by atomic mass is 10.2. The van der Waals surface area contributed by atoms with Crippen LogP contribution < -0.4 is 47.7 Å². The maximum absolute atomic E-state index is 13.4. The largest absolute Gasteiger partial charge is 1.00 e. The molecule has 16 heteroatoms. The summed E-state index contributed by atoms with van der Waals surface area (Å²) in [4.78, 5) is 47.1. The molecule has 3 aromatic rings. The number of aromatic nitrogens is 4. The number of rotatable bonds is 11. The fraction of sp³-hybridized carbons (Fsp3) is 0.538. The van der Waals surface area contributed by atoms with Crippen LogP contribution in [0.15, 0.2) is 21.7 Å². The van der Waals surface area contributed by atoms with Crippen LogP contribution in [0.2, 0.25) is 0 Å². The Bertz CT molecular complexity index is 1500. The first-order valence-electron chi connectivity index (χ1n) is 13.2. The molecule has 3 heterocycles. The number of aliphatic hydroxyl groups excluding tert-OH is 2. The number of aryl methyl sites for hydroxylation is 2. The number of hydrogen-bond acceptors (Lipinski definition) is 11. The number of benzene rings is 1. The number of esters is 1. The first-order chi connectivity index (χ1) is 19.6. The number of piperazine rings is 1. The molecule has 2 aromatic heterocycles. The molecule has 0 amide bonds. The van der Waals surface area contributed by atoms with Crippen molar-refractivity contribution < 1.29 is 51.3 Å². The van der Waals surface area contributed by atoms with Gasteiger partial charge in [0.25, 0.3) is 5.56 Å². The quantitative estimate of drug-likeness (QED) is 0.177. The van der Waals surface area contributed by atoms with Gasteiger partial charge in [-0.05, 0) is 12.1 Å². The molecule has 232 valence electrons. The predicted octanol–water partition coefficient (Wildman–Crippen LogP) is -5.62. The number of carbonyl (C=O) groups excluding carboxylic acids is 1. The summed E-state index contributed by atoms with van der Waals surface area (Å²) in [6, 6.07) is 2.91. The summed E-state index contributed by atoms with van der Waals surface area (Å²) < 4.78 is 25.2. The molecule has 0 bridgehead atoms. The first kappa shape index (κ1) is 32.7. The Hall–Kier alpha value is -3.79. The molecular formula is C26H37ClN6O9. The highest BCUT2D eigenvalue weighted by Crippen LogP contribution is 2.38. The summed E-state index contributed by atoms with van der Waals surface area (Å²) in [6.45, 7) is 2.49. The van der Waals surface area contributed by atoms with Crippen LogP contribution in [0.25, 0.3) is 11.2 Å². The number of aliphatic hydroxyl groups is 2. The van der Waals surface area contributed by atoms with E-state index in [9.17, 15) is 19.5 Å². The van der Waals surface area contributed by atoms with Gasteiger partial charge in [-0.3, -0.25) is 13.9 Å². The number of fused-ring (bicyclic) bond motifs is 1. The smallest absolute Gasteiger partial charge is 0.338 e. The summed E-state index contributed by atoms with van der Waals surface area (Å²) in [5.41, 5.74) is -0.455. The van der Waals surface area contributed by atoms with Crippen molar-refractivity contribution in [2.75, 3.05) is 72.2 Å². The summed E-state index contributed by atoms with van der Waals surface area (Å²) >= 11 is 0. The molecule has 0 radical (unpaired) electrons. The van der Waals surface area contributed by atoms with Crippen LogP contribution in [0.1, 0.15) is 10.4 Å². The number of nitrogens with one attached hydrogen (secondary N) is 1. The van der Waals surface area contributed by atoms with Gasteiger partial charge in [0, 0.05) is 14.1 Å². The second-order valence-electron chi connectivity index (χ2n) is 9.77. The van der Waals surface area contributed by atoms with Crippen molar-refractivity contribution in [1.29, 1.82) is 0 Å². The van der Waals surface area contributed by atoms with Crippen LogP contribution >= 0.6 is 0 Å². The molecule has 1 atom stereocenters. The number of methoxy groups -OCH3 is 3. The lowest BCUT2D eigenvalue weighted by Gasteiger charge is -2.33. The van der Waals surface area contributed by atoms with Crippen molar-refractivity contribution in [2.45, 2.75) is 12.6 Å². The van der Waals surface area contributed by atoms with Crippen molar-refractivity contribution in [1.82, 2.24) is 18.7 Å². The Kier molecular flexibility index (Phi) is 10.8. The molecule has 3 N–H and O–H groups in total. The number of hydrogen-bond donors (Lipinski definition) is 3. The van der Waals surface area contributed by atoms with Gasteiger partial charge in [-0.15, -0.1) is 0 Å². The molecule has 1 saturated heterocycles. The third-order valence-electron chi connectivity index (χ3n) is 7.27. The molecule has 1 fully saturated rings. The van der Waals surface area contributed by atoms with Gasteiger partial charge >= 0.3 is 11.7 Å². The molecule has 1 aliphatic heterocycles. The number of quaternary nitrogens is 1. The van der Waals surface area contributed by atoms with Crippen molar-refractivity contribution in [3.8, 4) is 17.2 Å². The highest BCUT2D eigenvalue weighted by molar-refractivity contribution is 5.91. The van der Waals surface area contributed by atoms with E-state index in [0.29, 0.717) is 31.3 Å². The van der Waals surface area contributed by atoms with Gasteiger partial charge in [-0.1, -0.05) is 0 Å². The summed E-state index contributed by atoms with van der Waals surface area (Å²) in [6.07, 6.45) is -0.763. The average Bonchev–Trinajstić information content (AvgIpc) is 3.34. The van der Waals surface area contributed by atoms with Crippen molar-refractivity contribution in [3.05, 3.63) is 38.5 Å². The Balaban J connectivity index is 0.00000484. The Morgan fingerprint density at radius 2 is 1.67 bits per heavy atom. The normalized spacial score (nSPS) is 14.4. The van der Waals surface area contributed by atoms with Crippen LogP contribution in [0.3, 0.4) is 0 Å². The highest BCUT2D eigenvalue weighted by atomic mass is 35.5. The topological polar surface area (TPSA) is 164 Å². The van der Waals surface area contributed by atoms with Crippen LogP contribution in [0.4, 0.5) is 5.95 Å². The number of imidazole rings is 1. The van der Waals surface area contributed by atoms with Crippen LogP contribution in [-0.2, 0) is 25.4 Å². The van der Waals surface area contributed by atoms with E-state index in [1.165, 1.54) is 45.1 Å². The number of carbonyl (C=O) groups is 1. The molecule has 42 heavy (non-hydrogen) atoms. The Morgan fingerprint density at radius 1 is 1.05 bits per heavy atom. The fourth-order valence-electron chi connectivity index (χ4n) is 5.05. The lowest BCUT2D eigenvalue weighted by molar-refractivity contribution is -0.903. The average molecular weight is 613 g/mol. The molecule has 4 rings (SSSR count). The van der Waals surface area contributed by atoms with E-state index in [2.05, 4.69) is 4.98 Å². The predicted molar refractivity (Wildman–Crippen MR) is 147 cm³/mol. The molecule has 1 unspecified atom stereocenters. The van der Waals surface area contributed by atoms with E-state index < -0.39 is 23.3 Å². The second-order valence-corrected chi connectivity index (χ2v) is 9.77. The van der Waals surface area contributed by atoms with Crippen molar-refractivity contribution in [3.63, 3.8) is 0 Å². The van der Waals surface area contributed by atoms with Gasteiger partial charge in [0.05, 0.1) is 66.2 Å². The minimum atomic E-state index is -0.763. The number of ether oxygens (including phenoxy) is 4. The Morgan fingerprint density at radius 3 is 2.21 bits per heavy atom. The van der Waals surface area contributed by atoms with Gasteiger partial charge < -0.3 is 55.9 Å².